The molecule has 3 N–H and O–H groups in total. The third-order valence-corrected chi connectivity index (χ3v) is 2.98. The highest BCUT2D eigenvalue weighted by Crippen LogP contribution is 2.10. The number of rotatable bonds is 4. The molecule has 0 unspecified atom stereocenters. The molecule has 0 heterocycles. The number of nitrogens with zero attached hydrogens (tertiary/aromatic N) is 1. The zero-order valence-electron chi connectivity index (χ0n) is 11.4. The smallest absolute Gasteiger partial charge is 0.226 e. The van der Waals surface area contributed by atoms with Crippen molar-refractivity contribution in [2.75, 3.05) is 0 Å². The van der Waals surface area contributed by atoms with Gasteiger partial charge in [-0.05, 0) is 30.9 Å². The molecule has 0 aromatic heterocycles. The summed E-state index contributed by atoms with van der Waals surface area (Å²) in [6.45, 7) is 0. The number of allylic oxidation sites excluding steroid dienone is 3. The average molecular weight is 269 g/mol. The van der Waals surface area contributed by atoms with Gasteiger partial charge < -0.3 is 5.73 Å². The van der Waals surface area contributed by atoms with Crippen LogP contribution in [0, 0.1) is 0 Å². The van der Waals surface area contributed by atoms with Gasteiger partial charge in [0.2, 0.25) is 11.9 Å². The van der Waals surface area contributed by atoms with Gasteiger partial charge in [-0.25, -0.2) is 4.99 Å². The van der Waals surface area contributed by atoms with E-state index < -0.39 is 0 Å². The average Bonchev–Trinajstić information content (AvgIpc) is 2.47. The van der Waals surface area contributed by atoms with Crippen LogP contribution >= 0.6 is 0 Å². The lowest BCUT2D eigenvalue weighted by atomic mass is 10.1. The SMILES string of the molecule is NC(=NC1=CCCC=C1)NC(=O)CCc1ccccc1. The van der Waals surface area contributed by atoms with Gasteiger partial charge in [-0.2, -0.15) is 0 Å². The highest BCUT2D eigenvalue weighted by molar-refractivity contribution is 5.96. The molecule has 1 aromatic carbocycles. The largest absolute Gasteiger partial charge is 0.369 e. The number of carbonyl (C=O) groups excluding carboxylic acids is 1. The topological polar surface area (TPSA) is 67.5 Å². The summed E-state index contributed by atoms with van der Waals surface area (Å²) in [5, 5.41) is 2.61. The van der Waals surface area contributed by atoms with Crippen molar-refractivity contribution in [1.82, 2.24) is 5.32 Å². The number of guanidine groups is 1. The molecule has 0 spiro atoms. The van der Waals surface area contributed by atoms with Crippen molar-refractivity contribution in [2.45, 2.75) is 25.7 Å². The monoisotopic (exact) mass is 269 g/mol. The molecule has 104 valence electrons. The lowest BCUT2D eigenvalue weighted by molar-refractivity contribution is -0.119. The van der Waals surface area contributed by atoms with Crippen LogP contribution in [-0.4, -0.2) is 11.9 Å². The third-order valence-electron chi connectivity index (χ3n) is 2.98. The molecule has 0 saturated heterocycles. The van der Waals surface area contributed by atoms with Gasteiger partial charge in [0, 0.05) is 6.42 Å². The third kappa shape index (κ3) is 4.72. The first-order valence-corrected chi connectivity index (χ1v) is 6.78. The summed E-state index contributed by atoms with van der Waals surface area (Å²) >= 11 is 0. The molecular weight excluding hydrogens is 250 g/mol. The van der Waals surface area contributed by atoms with E-state index in [0.717, 1.165) is 24.1 Å². The molecule has 1 aromatic rings. The first-order valence-electron chi connectivity index (χ1n) is 6.78. The van der Waals surface area contributed by atoms with E-state index in [1.807, 2.05) is 48.6 Å². The Hall–Kier alpha value is -2.36. The maximum Gasteiger partial charge on any atom is 0.226 e. The molecule has 0 atom stereocenters. The summed E-state index contributed by atoms with van der Waals surface area (Å²) in [4.78, 5) is 15.9. The molecule has 2 rings (SSSR count). The van der Waals surface area contributed by atoms with Gasteiger partial charge >= 0.3 is 0 Å². The first kappa shape index (κ1) is 14.1. The summed E-state index contributed by atoms with van der Waals surface area (Å²) in [5.74, 6) is 0.0383. The number of aryl methyl sites for hydroxylation is 1. The number of benzene rings is 1. The van der Waals surface area contributed by atoms with E-state index in [4.69, 9.17) is 5.73 Å². The maximum absolute atomic E-state index is 11.8. The lowest BCUT2D eigenvalue weighted by Gasteiger charge is -2.06. The Balaban J connectivity index is 1.80. The van der Waals surface area contributed by atoms with Gasteiger partial charge in [-0.1, -0.05) is 42.5 Å². The van der Waals surface area contributed by atoms with E-state index in [-0.39, 0.29) is 11.9 Å². The van der Waals surface area contributed by atoms with Crippen LogP contribution in [0.15, 0.2) is 59.2 Å². The fourth-order valence-electron chi connectivity index (χ4n) is 1.96. The number of nitrogens with two attached hydrogens (primary N) is 1. The second kappa shape index (κ2) is 7.28. The van der Waals surface area contributed by atoms with E-state index in [1.165, 1.54) is 0 Å². The van der Waals surface area contributed by atoms with Crippen LogP contribution in [0.5, 0.6) is 0 Å². The Labute approximate surface area is 119 Å². The quantitative estimate of drug-likeness (QED) is 0.650. The Morgan fingerprint density at radius 1 is 1.25 bits per heavy atom. The molecule has 0 fully saturated rings. The van der Waals surface area contributed by atoms with Gasteiger partial charge in [0.1, 0.15) is 0 Å². The van der Waals surface area contributed by atoms with Crippen LogP contribution in [0.1, 0.15) is 24.8 Å². The van der Waals surface area contributed by atoms with Crippen LogP contribution in [-0.2, 0) is 11.2 Å². The molecular formula is C16H19N3O. The molecule has 0 saturated carbocycles. The van der Waals surface area contributed by atoms with Crippen molar-refractivity contribution < 1.29 is 4.79 Å². The molecule has 1 aliphatic carbocycles. The van der Waals surface area contributed by atoms with Crippen molar-refractivity contribution in [2.24, 2.45) is 10.7 Å². The number of carbonyl (C=O) groups is 1. The fraction of sp³-hybridized carbons (Fsp3) is 0.250. The van der Waals surface area contributed by atoms with Crippen molar-refractivity contribution in [3.63, 3.8) is 0 Å². The summed E-state index contributed by atoms with van der Waals surface area (Å²) in [7, 11) is 0. The molecule has 1 amide bonds. The van der Waals surface area contributed by atoms with Crippen LogP contribution in [0.2, 0.25) is 0 Å². The van der Waals surface area contributed by atoms with E-state index in [0.29, 0.717) is 12.8 Å². The minimum Gasteiger partial charge on any atom is -0.369 e. The molecule has 0 aliphatic heterocycles. The molecule has 0 radical (unpaired) electrons. The Kier molecular flexibility index (Phi) is 5.12. The number of hydrogen-bond donors (Lipinski definition) is 2. The second-order valence-corrected chi connectivity index (χ2v) is 4.64. The van der Waals surface area contributed by atoms with Crippen molar-refractivity contribution in [1.29, 1.82) is 0 Å². The summed E-state index contributed by atoms with van der Waals surface area (Å²) in [6, 6.07) is 9.89. The van der Waals surface area contributed by atoms with Crippen molar-refractivity contribution in [3.8, 4) is 0 Å². The van der Waals surface area contributed by atoms with E-state index in [1.54, 1.807) is 0 Å². The van der Waals surface area contributed by atoms with Gasteiger partial charge in [0.05, 0.1) is 5.70 Å². The van der Waals surface area contributed by atoms with Crippen LogP contribution in [0.25, 0.3) is 0 Å². The maximum atomic E-state index is 11.8. The van der Waals surface area contributed by atoms with Gasteiger partial charge in [0.25, 0.3) is 0 Å². The standard InChI is InChI=1S/C16H19N3O/c17-16(18-14-9-5-2-6-10-14)19-15(20)12-11-13-7-3-1-4-8-13/h1,3-5,7-10H,2,6,11-12H2,(H3,17,18,19,20). The highest BCUT2D eigenvalue weighted by atomic mass is 16.1. The first-order chi connectivity index (χ1) is 9.74. The minimum absolute atomic E-state index is 0.115. The zero-order valence-corrected chi connectivity index (χ0v) is 11.4. The Morgan fingerprint density at radius 3 is 2.75 bits per heavy atom. The molecule has 1 aliphatic rings. The van der Waals surface area contributed by atoms with Gasteiger partial charge in [0.15, 0.2) is 0 Å². The molecule has 20 heavy (non-hydrogen) atoms. The van der Waals surface area contributed by atoms with E-state index >= 15 is 0 Å². The summed E-state index contributed by atoms with van der Waals surface area (Å²) in [6.07, 6.45) is 9.05. The number of nitrogens with one attached hydrogen (secondary N) is 1. The minimum atomic E-state index is -0.115. The Bertz CT molecular complexity index is 544. The molecule has 4 heteroatoms. The van der Waals surface area contributed by atoms with Crippen LogP contribution in [0.4, 0.5) is 0 Å². The fourth-order valence-corrected chi connectivity index (χ4v) is 1.96. The predicted octanol–water partition coefficient (Wildman–Crippen LogP) is 2.28. The number of amides is 1. The molecule has 4 nitrogen and oxygen atoms in total. The highest BCUT2D eigenvalue weighted by Gasteiger charge is 2.04. The van der Waals surface area contributed by atoms with E-state index in [9.17, 15) is 4.79 Å². The number of hydrogen-bond acceptors (Lipinski definition) is 2. The normalized spacial score (nSPS) is 14.8. The van der Waals surface area contributed by atoms with Crippen LogP contribution in [0.3, 0.4) is 0 Å². The molecule has 0 bridgehead atoms. The number of aliphatic imine (C=N–C) groups is 1. The summed E-state index contributed by atoms with van der Waals surface area (Å²) in [5.41, 5.74) is 7.66. The van der Waals surface area contributed by atoms with Gasteiger partial charge in [-0.15, -0.1) is 0 Å². The summed E-state index contributed by atoms with van der Waals surface area (Å²) < 4.78 is 0. The predicted molar refractivity (Wildman–Crippen MR) is 81.0 cm³/mol. The van der Waals surface area contributed by atoms with Crippen molar-refractivity contribution in [3.05, 3.63) is 59.8 Å². The van der Waals surface area contributed by atoms with E-state index in [2.05, 4.69) is 10.3 Å². The zero-order chi connectivity index (χ0) is 14.2. The van der Waals surface area contributed by atoms with Gasteiger partial charge in [-0.3, -0.25) is 10.1 Å². The Morgan fingerprint density at radius 2 is 2.05 bits per heavy atom. The lowest BCUT2D eigenvalue weighted by Crippen LogP contribution is -2.36. The second-order valence-electron chi connectivity index (χ2n) is 4.64. The van der Waals surface area contributed by atoms with Crippen molar-refractivity contribution >= 4 is 11.9 Å². The van der Waals surface area contributed by atoms with Crippen LogP contribution < -0.4 is 11.1 Å².